The van der Waals surface area contributed by atoms with E-state index in [0.29, 0.717) is 12.8 Å². The second-order valence-electron chi connectivity index (χ2n) is 10.4. The highest BCUT2D eigenvalue weighted by Gasteiger charge is 2.50. The number of benzene rings is 2. The van der Waals surface area contributed by atoms with Crippen LogP contribution in [0.4, 0.5) is 4.79 Å². The predicted octanol–water partition coefficient (Wildman–Crippen LogP) is 4.46. The molecule has 2 amide bonds. The zero-order chi connectivity index (χ0) is 24.6. The fourth-order valence-corrected chi connectivity index (χ4v) is 5.80. The predicted molar refractivity (Wildman–Crippen MR) is 131 cm³/mol. The lowest BCUT2D eigenvalue weighted by molar-refractivity contribution is -0.148. The van der Waals surface area contributed by atoms with Gasteiger partial charge in [-0.25, -0.2) is 4.79 Å². The maximum absolute atomic E-state index is 13.2. The van der Waals surface area contributed by atoms with Crippen LogP contribution in [0.3, 0.4) is 0 Å². The average molecular weight is 477 g/mol. The Morgan fingerprint density at radius 1 is 1.00 bits per heavy atom. The minimum absolute atomic E-state index is 0.00680. The van der Waals surface area contributed by atoms with Gasteiger partial charge >= 0.3 is 12.1 Å². The molecule has 2 saturated carbocycles. The van der Waals surface area contributed by atoms with Gasteiger partial charge in [-0.05, 0) is 60.8 Å². The molecule has 0 heterocycles. The molecule has 0 aliphatic heterocycles. The van der Waals surface area contributed by atoms with Crippen LogP contribution >= 0.6 is 0 Å². The summed E-state index contributed by atoms with van der Waals surface area (Å²) in [6, 6.07) is 16.3. The van der Waals surface area contributed by atoms with E-state index in [1.165, 1.54) is 0 Å². The van der Waals surface area contributed by atoms with Crippen molar-refractivity contribution >= 4 is 18.0 Å². The summed E-state index contributed by atoms with van der Waals surface area (Å²) in [5.74, 6) is -1.27. The van der Waals surface area contributed by atoms with Crippen molar-refractivity contribution in [2.24, 2.45) is 11.3 Å². The van der Waals surface area contributed by atoms with Crippen LogP contribution in [0, 0.1) is 11.3 Å². The largest absolute Gasteiger partial charge is 0.481 e. The van der Waals surface area contributed by atoms with E-state index >= 15 is 0 Å². The van der Waals surface area contributed by atoms with E-state index in [1.807, 2.05) is 24.3 Å². The van der Waals surface area contributed by atoms with Crippen LogP contribution in [0.25, 0.3) is 11.1 Å². The summed E-state index contributed by atoms with van der Waals surface area (Å²) in [6.07, 6.45) is 3.84. The van der Waals surface area contributed by atoms with Gasteiger partial charge in [0.2, 0.25) is 5.91 Å². The summed E-state index contributed by atoms with van der Waals surface area (Å²) in [7, 11) is 0. The number of carboxylic acids is 1. The molecule has 0 aromatic heterocycles. The Labute approximate surface area is 205 Å². The number of nitrogens with one attached hydrogen (secondary N) is 2. The second-order valence-corrected chi connectivity index (χ2v) is 10.4. The lowest BCUT2D eigenvalue weighted by Gasteiger charge is -2.32. The Hall–Kier alpha value is -3.35. The van der Waals surface area contributed by atoms with E-state index in [0.717, 1.165) is 47.9 Å². The number of carbonyl (C=O) groups is 3. The van der Waals surface area contributed by atoms with E-state index in [9.17, 15) is 19.5 Å². The number of carboxylic acid groups (broad SMARTS) is 1. The smallest absolute Gasteiger partial charge is 0.408 e. The summed E-state index contributed by atoms with van der Waals surface area (Å²) >= 11 is 0. The minimum atomic E-state index is -1.14. The first-order valence-electron chi connectivity index (χ1n) is 12.5. The normalized spacial score (nSPS) is 19.8. The van der Waals surface area contributed by atoms with Crippen LogP contribution < -0.4 is 10.6 Å². The number of hydrogen-bond acceptors (Lipinski definition) is 4. The molecule has 3 aliphatic rings. The molecule has 1 unspecified atom stereocenters. The monoisotopic (exact) mass is 476 g/mol. The first-order valence-corrected chi connectivity index (χ1v) is 12.5. The van der Waals surface area contributed by atoms with Gasteiger partial charge < -0.3 is 20.5 Å². The SMILES string of the molecule is CC(NC(=O)OCC1c2ccccc2-c2ccccc21)(C(=O)NCC1(C(=O)O)CCCC1)C1CC1. The lowest BCUT2D eigenvalue weighted by Crippen LogP contribution is -2.60. The van der Waals surface area contributed by atoms with E-state index < -0.39 is 23.0 Å². The van der Waals surface area contributed by atoms with Gasteiger partial charge in [-0.15, -0.1) is 0 Å². The van der Waals surface area contributed by atoms with E-state index in [-0.39, 0.29) is 30.9 Å². The number of fused-ring (bicyclic) bond motifs is 3. The number of carbonyl (C=O) groups excluding carboxylic acids is 2. The molecule has 2 fully saturated rings. The Balaban J connectivity index is 1.24. The number of hydrogen-bond donors (Lipinski definition) is 3. The highest BCUT2D eigenvalue weighted by molar-refractivity contribution is 5.91. The maximum Gasteiger partial charge on any atom is 0.408 e. The molecule has 2 aromatic rings. The average Bonchev–Trinajstić information content (AvgIpc) is 3.52. The first kappa shape index (κ1) is 23.4. The van der Waals surface area contributed by atoms with Crippen molar-refractivity contribution in [3.05, 3.63) is 59.7 Å². The third-order valence-electron chi connectivity index (χ3n) is 8.17. The number of ether oxygens (including phenoxy) is 1. The van der Waals surface area contributed by atoms with Crippen molar-refractivity contribution in [2.75, 3.05) is 13.2 Å². The van der Waals surface area contributed by atoms with E-state index in [2.05, 4.69) is 34.9 Å². The van der Waals surface area contributed by atoms with Gasteiger partial charge in [-0.2, -0.15) is 0 Å². The van der Waals surface area contributed by atoms with Gasteiger partial charge in [0.05, 0.1) is 5.41 Å². The molecule has 0 radical (unpaired) electrons. The van der Waals surface area contributed by atoms with Crippen LogP contribution in [0.15, 0.2) is 48.5 Å². The van der Waals surface area contributed by atoms with E-state index in [4.69, 9.17) is 4.74 Å². The molecular weight excluding hydrogens is 444 g/mol. The fourth-order valence-electron chi connectivity index (χ4n) is 5.80. The van der Waals surface area contributed by atoms with Crippen LogP contribution in [0.1, 0.15) is 62.5 Å². The Morgan fingerprint density at radius 3 is 2.11 bits per heavy atom. The molecule has 0 bridgehead atoms. The Kier molecular flexibility index (Phi) is 6.03. The number of amides is 2. The molecule has 0 spiro atoms. The topological polar surface area (TPSA) is 105 Å². The summed E-state index contributed by atoms with van der Waals surface area (Å²) in [5.41, 5.74) is 2.50. The molecule has 0 saturated heterocycles. The molecule has 7 heteroatoms. The van der Waals surface area contributed by atoms with Gasteiger partial charge in [-0.3, -0.25) is 9.59 Å². The molecule has 5 rings (SSSR count). The van der Waals surface area contributed by atoms with Crippen molar-refractivity contribution in [1.82, 2.24) is 10.6 Å². The molecular formula is C28H32N2O5. The zero-order valence-electron chi connectivity index (χ0n) is 20.0. The maximum atomic E-state index is 13.2. The number of rotatable bonds is 8. The summed E-state index contributed by atoms with van der Waals surface area (Å²) < 4.78 is 5.68. The standard InChI is InChI=1S/C28H32N2O5/c1-27(18-12-13-18,24(31)29-17-28(25(32)33)14-6-7-15-28)30-26(34)35-16-23-21-10-4-2-8-19(21)20-9-3-5-11-22(20)23/h2-5,8-11,18,23H,6-7,12-17H2,1H3,(H,29,31)(H,30,34)(H,32,33). The lowest BCUT2D eigenvalue weighted by atomic mass is 9.85. The number of aliphatic carboxylic acids is 1. The molecule has 2 aromatic carbocycles. The highest BCUT2D eigenvalue weighted by atomic mass is 16.5. The molecule has 3 N–H and O–H groups in total. The van der Waals surface area contributed by atoms with Crippen LogP contribution in [0.2, 0.25) is 0 Å². The summed E-state index contributed by atoms with van der Waals surface area (Å²) in [6.45, 7) is 1.96. The summed E-state index contributed by atoms with van der Waals surface area (Å²) in [5, 5.41) is 15.4. The van der Waals surface area contributed by atoms with Crippen molar-refractivity contribution in [1.29, 1.82) is 0 Å². The van der Waals surface area contributed by atoms with Crippen molar-refractivity contribution in [3.63, 3.8) is 0 Å². The van der Waals surface area contributed by atoms with Crippen molar-refractivity contribution in [3.8, 4) is 11.1 Å². The Bertz CT molecular complexity index is 1110. The van der Waals surface area contributed by atoms with Gasteiger partial charge in [0.1, 0.15) is 12.1 Å². The van der Waals surface area contributed by atoms with Crippen LogP contribution in [-0.4, -0.2) is 41.8 Å². The molecule has 1 atom stereocenters. The third kappa shape index (κ3) is 4.28. The van der Waals surface area contributed by atoms with Crippen LogP contribution in [0.5, 0.6) is 0 Å². The molecule has 184 valence electrons. The van der Waals surface area contributed by atoms with Crippen molar-refractivity contribution < 1.29 is 24.2 Å². The molecule has 35 heavy (non-hydrogen) atoms. The van der Waals surface area contributed by atoms with Gasteiger partial charge in [0, 0.05) is 12.5 Å². The number of alkyl carbamates (subject to hydrolysis) is 1. The van der Waals surface area contributed by atoms with Crippen LogP contribution in [-0.2, 0) is 14.3 Å². The Morgan fingerprint density at radius 2 is 1.57 bits per heavy atom. The quantitative estimate of drug-likeness (QED) is 0.522. The van der Waals surface area contributed by atoms with Crippen molar-refractivity contribution in [2.45, 2.75) is 56.9 Å². The highest BCUT2D eigenvalue weighted by Crippen LogP contribution is 2.45. The second kappa shape index (κ2) is 9.02. The van der Waals surface area contributed by atoms with Gasteiger partial charge in [-0.1, -0.05) is 61.4 Å². The summed E-state index contributed by atoms with van der Waals surface area (Å²) in [4.78, 5) is 38.0. The fraction of sp³-hybridized carbons (Fsp3) is 0.464. The minimum Gasteiger partial charge on any atom is -0.481 e. The van der Waals surface area contributed by atoms with Gasteiger partial charge in [0.15, 0.2) is 0 Å². The molecule has 3 aliphatic carbocycles. The third-order valence-corrected chi connectivity index (χ3v) is 8.17. The first-order chi connectivity index (χ1) is 16.8. The zero-order valence-corrected chi connectivity index (χ0v) is 20.0. The van der Waals surface area contributed by atoms with Gasteiger partial charge in [0.25, 0.3) is 0 Å². The molecule has 7 nitrogen and oxygen atoms in total. The van der Waals surface area contributed by atoms with E-state index in [1.54, 1.807) is 6.92 Å².